The van der Waals surface area contributed by atoms with Crippen LogP contribution in [0.3, 0.4) is 0 Å². The molecule has 1 aromatic carbocycles. The fraction of sp³-hybridized carbons (Fsp3) is 0.526. The van der Waals surface area contributed by atoms with Gasteiger partial charge in [0, 0.05) is 25.2 Å². The highest BCUT2D eigenvalue weighted by molar-refractivity contribution is 5.94. The van der Waals surface area contributed by atoms with Crippen molar-refractivity contribution < 1.29 is 10.0 Å². The summed E-state index contributed by atoms with van der Waals surface area (Å²) < 4.78 is 0. The van der Waals surface area contributed by atoms with E-state index in [1.807, 2.05) is 11.0 Å². The number of nitrogens with zero attached hydrogens (tertiary/aromatic N) is 1. The van der Waals surface area contributed by atoms with Crippen LogP contribution in [-0.4, -0.2) is 35.6 Å². The average Bonchev–Trinajstić information content (AvgIpc) is 2.59. The Hall–Kier alpha value is -1.65. The molecule has 1 heterocycles. The van der Waals surface area contributed by atoms with Crippen molar-refractivity contribution in [2.45, 2.75) is 44.9 Å². The summed E-state index contributed by atoms with van der Waals surface area (Å²) in [5.41, 5.74) is 4.44. The third-order valence-corrected chi connectivity index (χ3v) is 4.54. The number of hydroxylamine groups is 1. The third-order valence-electron chi connectivity index (χ3n) is 4.54. The summed E-state index contributed by atoms with van der Waals surface area (Å²) >= 11 is 0. The Labute approximate surface area is 139 Å². The molecule has 4 heteroatoms. The van der Waals surface area contributed by atoms with Crippen LogP contribution >= 0.6 is 0 Å². The molecule has 1 atom stereocenters. The van der Waals surface area contributed by atoms with Crippen LogP contribution in [0.1, 0.15) is 50.5 Å². The number of carbonyl (C=O) groups excluding carboxylic acids is 1. The molecule has 2 rings (SSSR count). The average molecular weight is 316 g/mol. The Bertz CT molecular complexity index is 513. The van der Waals surface area contributed by atoms with E-state index in [1.165, 1.54) is 5.56 Å². The molecule has 1 aliphatic heterocycles. The predicted octanol–water partition coefficient (Wildman–Crippen LogP) is 3.49. The van der Waals surface area contributed by atoms with E-state index < -0.39 is 0 Å². The fourth-order valence-electron chi connectivity index (χ4n) is 3.03. The van der Waals surface area contributed by atoms with E-state index in [2.05, 4.69) is 42.7 Å². The lowest BCUT2D eigenvalue weighted by Gasteiger charge is -2.28. The maximum atomic E-state index is 12.5. The highest BCUT2D eigenvalue weighted by Gasteiger charge is 2.21. The first-order valence-corrected chi connectivity index (χ1v) is 8.62. The van der Waals surface area contributed by atoms with Crippen LogP contribution in [0.25, 0.3) is 0 Å². The maximum absolute atomic E-state index is 12.5. The first-order valence-electron chi connectivity index (χ1n) is 8.62. The van der Waals surface area contributed by atoms with Crippen LogP contribution in [0.2, 0.25) is 0 Å². The molecule has 0 saturated carbocycles. The van der Waals surface area contributed by atoms with E-state index in [1.54, 1.807) is 0 Å². The van der Waals surface area contributed by atoms with Crippen molar-refractivity contribution in [1.29, 1.82) is 0 Å². The van der Waals surface area contributed by atoms with Gasteiger partial charge >= 0.3 is 0 Å². The molecule has 1 amide bonds. The van der Waals surface area contributed by atoms with Crippen molar-refractivity contribution >= 4 is 5.91 Å². The monoisotopic (exact) mass is 316 g/mol. The van der Waals surface area contributed by atoms with Crippen molar-refractivity contribution in [3.63, 3.8) is 0 Å². The molecule has 0 aliphatic carbocycles. The van der Waals surface area contributed by atoms with Gasteiger partial charge in [-0.15, -0.1) is 0 Å². The van der Waals surface area contributed by atoms with E-state index >= 15 is 0 Å². The van der Waals surface area contributed by atoms with Gasteiger partial charge < -0.3 is 10.1 Å². The second kappa shape index (κ2) is 9.48. The summed E-state index contributed by atoms with van der Waals surface area (Å²) in [6.45, 7) is 4.47. The van der Waals surface area contributed by atoms with Crippen molar-refractivity contribution in [2.75, 3.05) is 19.6 Å². The SMILES string of the molecule is CC(CCN1CCC=C(CCCCNO)C1=O)c1ccccc1. The maximum Gasteiger partial charge on any atom is 0.249 e. The van der Waals surface area contributed by atoms with Crippen LogP contribution in [0.15, 0.2) is 42.0 Å². The van der Waals surface area contributed by atoms with Gasteiger partial charge in [0.05, 0.1) is 0 Å². The molecule has 1 aromatic rings. The highest BCUT2D eigenvalue weighted by atomic mass is 16.5. The van der Waals surface area contributed by atoms with E-state index in [-0.39, 0.29) is 5.91 Å². The minimum atomic E-state index is 0.202. The lowest BCUT2D eigenvalue weighted by Crippen LogP contribution is -2.37. The first kappa shape index (κ1) is 17.7. The molecule has 1 unspecified atom stereocenters. The lowest BCUT2D eigenvalue weighted by molar-refractivity contribution is -0.128. The normalized spacial score (nSPS) is 16.3. The predicted molar refractivity (Wildman–Crippen MR) is 92.4 cm³/mol. The van der Waals surface area contributed by atoms with Gasteiger partial charge in [0.2, 0.25) is 5.91 Å². The van der Waals surface area contributed by atoms with Gasteiger partial charge in [0.25, 0.3) is 0 Å². The third kappa shape index (κ3) is 5.48. The zero-order valence-electron chi connectivity index (χ0n) is 14.0. The Balaban J connectivity index is 1.79. The molecule has 0 bridgehead atoms. The van der Waals surface area contributed by atoms with Crippen molar-refractivity contribution in [3.05, 3.63) is 47.5 Å². The van der Waals surface area contributed by atoms with E-state index in [4.69, 9.17) is 5.21 Å². The second-order valence-corrected chi connectivity index (χ2v) is 6.28. The largest absolute Gasteiger partial charge is 0.339 e. The van der Waals surface area contributed by atoms with Gasteiger partial charge in [-0.2, -0.15) is 0 Å². The van der Waals surface area contributed by atoms with Gasteiger partial charge in [-0.05, 0) is 43.6 Å². The summed E-state index contributed by atoms with van der Waals surface area (Å²) in [5.74, 6) is 0.669. The topological polar surface area (TPSA) is 52.6 Å². The Morgan fingerprint density at radius 3 is 2.78 bits per heavy atom. The van der Waals surface area contributed by atoms with Crippen molar-refractivity contribution in [3.8, 4) is 0 Å². The van der Waals surface area contributed by atoms with Gasteiger partial charge in [0.15, 0.2) is 0 Å². The lowest BCUT2D eigenvalue weighted by atomic mass is 9.96. The number of rotatable bonds is 9. The Morgan fingerprint density at radius 1 is 1.26 bits per heavy atom. The minimum absolute atomic E-state index is 0.202. The molecule has 0 spiro atoms. The van der Waals surface area contributed by atoms with Crippen molar-refractivity contribution in [2.24, 2.45) is 0 Å². The van der Waals surface area contributed by atoms with Crippen molar-refractivity contribution in [1.82, 2.24) is 10.4 Å². The zero-order chi connectivity index (χ0) is 16.5. The smallest absolute Gasteiger partial charge is 0.249 e. The number of hydrogen-bond acceptors (Lipinski definition) is 3. The highest BCUT2D eigenvalue weighted by Crippen LogP contribution is 2.22. The molecular weight excluding hydrogens is 288 g/mol. The molecule has 1 aliphatic rings. The van der Waals surface area contributed by atoms with Crippen LogP contribution < -0.4 is 5.48 Å². The number of benzene rings is 1. The summed E-state index contributed by atoms with van der Waals surface area (Å²) in [6, 6.07) is 10.5. The van der Waals surface area contributed by atoms with Crippen LogP contribution in [0, 0.1) is 0 Å². The molecular formula is C19H28N2O2. The standard InChI is InChI=1S/C19H28N2O2/c1-16(17-8-3-2-4-9-17)12-15-21-14-7-11-18(19(21)22)10-5-6-13-20-23/h2-4,8-9,11,16,20,23H,5-7,10,12-15H2,1H3. The zero-order valence-corrected chi connectivity index (χ0v) is 14.0. The molecule has 126 valence electrons. The van der Waals surface area contributed by atoms with Crippen LogP contribution in [0.5, 0.6) is 0 Å². The molecule has 0 radical (unpaired) electrons. The summed E-state index contributed by atoms with van der Waals surface area (Å²) in [5, 5.41) is 8.57. The number of amides is 1. The van der Waals surface area contributed by atoms with Crippen LogP contribution in [-0.2, 0) is 4.79 Å². The Morgan fingerprint density at radius 2 is 2.04 bits per heavy atom. The first-order chi connectivity index (χ1) is 11.2. The summed E-state index contributed by atoms with van der Waals surface area (Å²) in [6.07, 6.45) is 6.67. The molecule has 2 N–H and O–H groups in total. The van der Waals surface area contributed by atoms with Gasteiger partial charge in [-0.25, -0.2) is 5.48 Å². The quantitative estimate of drug-likeness (QED) is 0.541. The van der Waals surface area contributed by atoms with E-state index in [9.17, 15) is 4.79 Å². The molecule has 0 saturated heterocycles. The molecule has 0 aromatic heterocycles. The van der Waals surface area contributed by atoms with E-state index in [0.29, 0.717) is 12.5 Å². The number of unbranched alkanes of at least 4 members (excludes halogenated alkanes) is 1. The summed E-state index contributed by atoms with van der Waals surface area (Å²) in [7, 11) is 0. The van der Waals surface area contributed by atoms with Gasteiger partial charge in [-0.3, -0.25) is 4.79 Å². The fourth-order valence-corrected chi connectivity index (χ4v) is 3.03. The van der Waals surface area contributed by atoms with Crippen LogP contribution in [0.4, 0.5) is 0 Å². The minimum Gasteiger partial charge on any atom is -0.339 e. The number of carbonyl (C=O) groups is 1. The van der Waals surface area contributed by atoms with E-state index in [0.717, 1.165) is 50.8 Å². The molecule has 23 heavy (non-hydrogen) atoms. The molecule has 4 nitrogen and oxygen atoms in total. The van der Waals surface area contributed by atoms with Gasteiger partial charge in [-0.1, -0.05) is 43.3 Å². The summed E-state index contributed by atoms with van der Waals surface area (Å²) in [4.78, 5) is 14.5. The second-order valence-electron chi connectivity index (χ2n) is 6.28. The Kier molecular flexibility index (Phi) is 7.30. The van der Waals surface area contributed by atoms with Gasteiger partial charge in [0.1, 0.15) is 0 Å². The number of hydrogen-bond donors (Lipinski definition) is 2. The number of nitrogens with one attached hydrogen (secondary N) is 1. The molecule has 0 fully saturated rings.